The zero-order valence-corrected chi connectivity index (χ0v) is 18.3. The van der Waals surface area contributed by atoms with Crippen molar-refractivity contribution in [2.75, 3.05) is 46.9 Å². The van der Waals surface area contributed by atoms with Crippen LogP contribution in [0.3, 0.4) is 0 Å². The third-order valence-corrected chi connectivity index (χ3v) is 4.46. The van der Waals surface area contributed by atoms with Gasteiger partial charge in [-0.1, -0.05) is 15.9 Å². The van der Waals surface area contributed by atoms with Crippen LogP contribution in [0, 0.1) is 5.92 Å². The average Bonchev–Trinajstić information content (AvgIpc) is 2.72. The fourth-order valence-corrected chi connectivity index (χ4v) is 2.69. The Balaban J connectivity index is 2.76. The number of benzene rings is 1. The van der Waals surface area contributed by atoms with Crippen LogP contribution in [0.5, 0.6) is 0 Å². The van der Waals surface area contributed by atoms with Crippen LogP contribution in [0.15, 0.2) is 28.7 Å². The first-order valence-electron chi connectivity index (χ1n) is 9.24. The van der Waals surface area contributed by atoms with Gasteiger partial charge in [-0.15, -0.1) is 0 Å². The fourth-order valence-electron chi connectivity index (χ4n) is 2.42. The second-order valence-electron chi connectivity index (χ2n) is 6.14. The minimum atomic E-state index is -0.692. The topological polar surface area (TPSA) is 115 Å². The van der Waals surface area contributed by atoms with Crippen molar-refractivity contribution in [1.29, 1.82) is 0 Å². The second kappa shape index (κ2) is 15.3. The predicted molar refractivity (Wildman–Crippen MR) is 109 cm³/mol. The zero-order valence-electron chi connectivity index (χ0n) is 16.7. The van der Waals surface area contributed by atoms with Crippen LogP contribution in [0.4, 0.5) is 0 Å². The smallest absolute Gasteiger partial charge is 0.251 e. The number of rotatable bonds is 15. The fraction of sp³-hybridized carbons (Fsp3) is 0.579. The van der Waals surface area contributed by atoms with Crippen LogP contribution >= 0.6 is 15.9 Å². The molecule has 0 unspecified atom stereocenters. The summed E-state index contributed by atoms with van der Waals surface area (Å²) < 4.78 is 21.8. The van der Waals surface area contributed by atoms with E-state index in [1.807, 2.05) is 6.92 Å². The highest BCUT2D eigenvalue weighted by Gasteiger charge is 2.25. The number of halogens is 1. The molecule has 10 heteroatoms. The SMILES string of the molecule is CCOCOC[C@H](C[C@H](COCCOC)C(=O)NO)NC(=O)c1ccc(Br)cc1. The molecule has 0 aliphatic heterocycles. The van der Waals surface area contributed by atoms with Gasteiger partial charge in [-0.3, -0.25) is 14.8 Å². The Morgan fingerprint density at radius 2 is 1.83 bits per heavy atom. The summed E-state index contributed by atoms with van der Waals surface area (Å²) in [5.74, 6) is -1.59. The lowest BCUT2D eigenvalue weighted by atomic mass is 9.99. The minimum absolute atomic E-state index is 0.0614. The van der Waals surface area contributed by atoms with Crippen molar-refractivity contribution in [2.45, 2.75) is 19.4 Å². The first-order chi connectivity index (χ1) is 14.0. The quantitative estimate of drug-likeness (QED) is 0.153. The third-order valence-electron chi connectivity index (χ3n) is 3.93. The Hall–Kier alpha value is -1.56. The van der Waals surface area contributed by atoms with Crippen molar-refractivity contribution in [2.24, 2.45) is 5.92 Å². The van der Waals surface area contributed by atoms with E-state index in [0.29, 0.717) is 25.4 Å². The van der Waals surface area contributed by atoms with E-state index in [1.54, 1.807) is 36.9 Å². The van der Waals surface area contributed by atoms with E-state index in [1.165, 1.54) is 0 Å². The highest BCUT2D eigenvalue weighted by Crippen LogP contribution is 2.13. The standard InChI is InChI=1S/C19H29BrN2O7/c1-3-27-13-29-12-17(21-18(23)14-4-6-16(20)7-5-14)10-15(19(24)22-25)11-28-9-8-26-2/h4-7,15,17,25H,3,8-13H2,1-2H3,(H,21,23)(H,22,24)/t15-,17+/m1/s1. The number of carbonyl (C=O) groups is 2. The van der Waals surface area contributed by atoms with Crippen LogP contribution in [-0.2, 0) is 23.7 Å². The van der Waals surface area contributed by atoms with Gasteiger partial charge >= 0.3 is 0 Å². The van der Waals surface area contributed by atoms with Crippen LogP contribution in [0.1, 0.15) is 23.7 Å². The largest absolute Gasteiger partial charge is 0.382 e. The number of hydrogen-bond acceptors (Lipinski definition) is 7. The number of hydrogen-bond donors (Lipinski definition) is 3. The summed E-state index contributed by atoms with van der Waals surface area (Å²) in [5.41, 5.74) is 2.12. The van der Waals surface area contributed by atoms with Crippen molar-refractivity contribution >= 4 is 27.7 Å². The van der Waals surface area contributed by atoms with Crippen LogP contribution in [-0.4, -0.2) is 70.0 Å². The summed E-state index contributed by atoms with van der Waals surface area (Å²) in [6, 6.07) is 6.40. The van der Waals surface area contributed by atoms with E-state index < -0.39 is 17.9 Å². The second-order valence-corrected chi connectivity index (χ2v) is 7.05. The van der Waals surface area contributed by atoms with Gasteiger partial charge in [-0.2, -0.15) is 0 Å². The van der Waals surface area contributed by atoms with Crippen molar-refractivity contribution < 1.29 is 33.7 Å². The molecule has 0 saturated heterocycles. The molecule has 0 fully saturated rings. The van der Waals surface area contributed by atoms with Crippen molar-refractivity contribution in [3.8, 4) is 0 Å². The molecule has 1 aromatic rings. The third kappa shape index (κ3) is 10.7. The van der Waals surface area contributed by atoms with Crippen LogP contribution in [0.2, 0.25) is 0 Å². The van der Waals surface area contributed by atoms with Gasteiger partial charge < -0.3 is 24.3 Å². The van der Waals surface area contributed by atoms with Crippen molar-refractivity contribution in [3.63, 3.8) is 0 Å². The number of hydroxylamine groups is 1. The molecule has 1 rings (SSSR count). The van der Waals surface area contributed by atoms with Gasteiger partial charge in [-0.05, 0) is 37.6 Å². The van der Waals surface area contributed by atoms with Gasteiger partial charge in [0.05, 0.1) is 38.4 Å². The van der Waals surface area contributed by atoms with Crippen LogP contribution < -0.4 is 10.8 Å². The molecule has 0 spiro atoms. The van der Waals surface area contributed by atoms with Crippen molar-refractivity contribution in [1.82, 2.24) is 10.8 Å². The molecular formula is C19H29BrN2O7. The predicted octanol–water partition coefficient (Wildman–Crippen LogP) is 1.73. The molecule has 0 saturated carbocycles. The molecule has 2 amide bonds. The first-order valence-corrected chi connectivity index (χ1v) is 10.0. The van der Waals surface area contributed by atoms with E-state index in [-0.39, 0.29) is 32.3 Å². The summed E-state index contributed by atoms with van der Waals surface area (Å²) in [4.78, 5) is 24.6. The summed E-state index contributed by atoms with van der Waals surface area (Å²) in [7, 11) is 1.55. The minimum Gasteiger partial charge on any atom is -0.382 e. The molecule has 1 aromatic carbocycles. The lowest BCUT2D eigenvalue weighted by Crippen LogP contribution is -2.43. The molecule has 0 aliphatic rings. The average molecular weight is 477 g/mol. The number of methoxy groups -OCH3 is 1. The number of nitrogens with one attached hydrogen (secondary N) is 2. The Morgan fingerprint density at radius 1 is 1.10 bits per heavy atom. The monoisotopic (exact) mass is 476 g/mol. The molecule has 9 nitrogen and oxygen atoms in total. The highest BCUT2D eigenvalue weighted by atomic mass is 79.9. The van der Waals surface area contributed by atoms with Crippen LogP contribution in [0.25, 0.3) is 0 Å². The molecular weight excluding hydrogens is 448 g/mol. The van der Waals surface area contributed by atoms with Gasteiger partial charge in [0.1, 0.15) is 6.79 Å². The number of amides is 2. The molecule has 29 heavy (non-hydrogen) atoms. The van der Waals surface area contributed by atoms with E-state index in [9.17, 15) is 9.59 Å². The lowest BCUT2D eigenvalue weighted by molar-refractivity contribution is -0.136. The normalized spacial score (nSPS) is 13.0. The maximum Gasteiger partial charge on any atom is 0.251 e. The summed E-state index contributed by atoms with van der Waals surface area (Å²) in [5, 5.41) is 11.9. The summed E-state index contributed by atoms with van der Waals surface area (Å²) >= 11 is 3.33. The maximum absolute atomic E-state index is 12.6. The van der Waals surface area contributed by atoms with E-state index in [2.05, 4.69) is 21.2 Å². The maximum atomic E-state index is 12.6. The molecule has 0 bridgehead atoms. The summed E-state index contributed by atoms with van der Waals surface area (Å²) in [6.45, 7) is 3.30. The molecule has 0 heterocycles. The highest BCUT2D eigenvalue weighted by molar-refractivity contribution is 9.10. The summed E-state index contributed by atoms with van der Waals surface area (Å²) in [6.07, 6.45) is 0.202. The van der Waals surface area contributed by atoms with E-state index in [4.69, 9.17) is 24.2 Å². The van der Waals surface area contributed by atoms with Gasteiger partial charge in [0.25, 0.3) is 5.91 Å². The van der Waals surface area contributed by atoms with E-state index >= 15 is 0 Å². The van der Waals surface area contributed by atoms with E-state index in [0.717, 1.165) is 4.47 Å². The molecule has 0 radical (unpaired) electrons. The lowest BCUT2D eigenvalue weighted by Gasteiger charge is -2.23. The Morgan fingerprint density at radius 3 is 2.45 bits per heavy atom. The van der Waals surface area contributed by atoms with Gasteiger partial charge in [0.15, 0.2) is 0 Å². The molecule has 2 atom stereocenters. The number of carbonyl (C=O) groups excluding carboxylic acids is 2. The molecule has 3 N–H and O–H groups in total. The van der Waals surface area contributed by atoms with Gasteiger partial charge in [0.2, 0.25) is 5.91 Å². The van der Waals surface area contributed by atoms with Gasteiger partial charge in [-0.25, -0.2) is 5.48 Å². The Kier molecular flexibility index (Phi) is 13.4. The molecule has 0 aliphatic carbocycles. The van der Waals surface area contributed by atoms with Crippen molar-refractivity contribution in [3.05, 3.63) is 34.3 Å². The first kappa shape index (κ1) is 25.5. The molecule has 0 aromatic heterocycles. The Bertz CT molecular complexity index is 601. The zero-order chi connectivity index (χ0) is 21.5. The Labute approximate surface area is 179 Å². The molecule has 164 valence electrons. The number of ether oxygens (including phenoxy) is 4. The van der Waals surface area contributed by atoms with Gasteiger partial charge in [0, 0.05) is 23.8 Å².